The smallest absolute Gasteiger partial charge is 0.0779 e. The first-order valence-corrected chi connectivity index (χ1v) is 8.91. The molecule has 4 heteroatoms. The number of rotatable bonds is 4. The van der Waals surface area contributed by atoms with E-state index in [-0.39, 0.29) is 0 Å². The molecule has 0 aromatic heterocycles. The van der Waals surface area contributed by atoms with Crippen LogP contribution in [0.25, 0.3) is 0 Å². The lowest BCUT2D eigenvalue weighted by atomic mass is 10.1. The zero-order chi connectivity index (χ0) is 14.8. The average molecular weight is 353 g/mol. The van der Waals surface area contributed by atoms with E-state index < -0.39 is 0 Å². The Hall–Kier alpha value is -0.580. The first-order valence-electron chi connectivity index (χ1n) is 8.11. The summed E-state index contributed by atoms with van der Waals surface area (Å²) in [5, 5.41) is 3.48. The van der Waals surface area contributed by atoms with E-state index in [2.05, 4.69) is 58.2 Å². The van der Waals surface area contributed by atoms with E-state index in [9.17, 15) is 0 Å². The first-order chi connectivity index (χ1) is 10.2. The SMILES string of the molecule is CCNC(C)c1ccc(N2CCOC3CCCC32)cc1Br. The molecule has 21 heavy (non-hydrogen) atoms. The van der Waals surface area contributed by atoms with Gasteiger partial charge in [0.1, 0.15) is 0 Å². The molecule has 0 radical (unpaired) electrons. The first kappa shape index (κ1) is 15.3. The highest BCUT2D eigenvalue weighted by Gasteiger charge is 2.36. The van der Waals surface area contributed by atoms with Crippen molar-refractivity contribution in [3.8, 4) is 0 Å². The molecule has 1 N–H and O–H groups in total. The zero-order valence-corrected chi connectivity index (χ0v) is 14.5. The fraction of sp³-hybridized carbons (Fsp3) is 0.647. The summed E-state index contributed by atoms with van der Waals surface area (Å²) in [7, 11) is 0. The molecule has 0 spiro atoms. The minimum absolute atomic E-state index is 0.377. The fourth-order valence-corrected chi connectivity index (χ4v) is 4.42. The summed E-state index contributed by atoms with van der Waals surface area (Å²) in [5.41, 5.74) is 2.66. The Morgan fingerprint density at radius 1 is 1.43 bits per heavy atom. The van der Waals surface area contributed by atoms with Crippen LogP contribution in [0.5, 0.6) is 0 Å². The van der Waals surface area contributed by atoms with Crippen molar-refractivity contribution in [1.82, 2.24) is 5.32 Å². The van der Waals surface area contributed by atoms with Crippen molar-refractivity contribution >= 4 is 21.6 Å². The van der Waals surface area contributed by atoms with Gasteiger partial charge in [0.2, 0.25) is 0 Å². The molecule has 1 saturated carbocycles. The van der Waals surface area contributed by atoms with Crippen molar-refractivity contribution in [2.45, 2.75) is 51.3 Å². The Labute approximate surface area is 136 Å². The molecule has 1 aromatic carbocycles. The monoisotopic (exact) mass is 352 g/mol. The molecule has 2 fully saturated rings. The summed E-state index contributed by atoms with van der Waals surface area (Å²) in [4.78, 5) is 2.55. The number of halogens is 1. The fourth-order valence-electron chi connectivity index (χ4n) is 3.71. The van der Waals surface area contributed by atoms with E-state index in [1.165, 1.54) is 35.0 Å². The molecule has 0 amide bonds. The van der Waals surface area contributed by atoms with Crippen molar-refractivity contribution < 1.29 is 4.74 Å². The second-order valence-corrected chi connectivity index (χ2v) is 6.94. The van der Waals surface area contributed by atoms with Crippen LogP contribution in [0.3, 0.4) is 0 Å². The number of hydrogen-bond donors (Lipinski definition) is 1. The molecule has 1 saturated heterocycles. The highest BCUT2D eigenvalue weighted by atomic mass is 79.9. The quantitative estimate of drug-likeness (QED) is 0.889. The second-order valence-electron chi connectivity index (χ2n) is 6.09. The van der Waals surface area contributed by atoms with Gasteiger partial charge in [-0.05, 0) is 50.4 Å². The van der Waals surface area contributed by atoms with E-state index in [4.69, 9.17) is 4.74 Å². The highest BCUT2D eigenvalue weighted by molar-refractivity contribution is 9.10. The largest absolute Gasteiger partial charge is 0.374 e. The molecular formula is C17H25BrN2O. The van der Waals surface area contributed by atoms with Crippen LogP contribution in [0.2, 0.25) is 0 Å². The lowest BCUT2D eigenvalue weighted by Crippen LogP contribution is -2.48. The summed E-state index contributed by atoms with van der Waals surface area (Å²) in [6.45, 7) is 7.21. The van der Waals surface area contributed by atoms with Crippen LogP contribution in [0.1, 0.15) is 44.7 Å². The molecule has 3 rings (SSSR count). The minimum Gasteiger partial charge on any atom is -0.374 e. The van der Waals surface area contributed by atoms with Gasteiger partial charge in [-0.2, -0.15) is 0 Å². The predicted octanol–water partition coefficient (Wildman–Crippen LogP) is 3.88. The zero-order valence-electron chi connectivity index (χ0n) is 12.9. The van der Waals surface area contributed by atoms with Crippen LogP contribution in [-0.2, 0) is 4.74 Å². The molecule has 1 aliphatic carbocycles. The van der Waals surface area contributed by atoms with Gasteiger partial charge < -0.3 is 15.0 Å². The third kappa shape index (κ3) is 3.13. The van der Waals surface area contributed by atoms with E-state index in [0.717, 1.165) is 19.7 Å². The second kappa shape index (κ2) is 6.67. The Morgan fingerprint density at radius 2 is 2.29 bits per heavy atom. The third-order valence-corrected chi connectivity index (χ3v) is 5.46. The minimum atomic E-state index is 0.377. The molecular weight excluding hydrogens is 328 g/mol. The highest BCUT2D eigenvalue weighted by Crippen LogP contribution is 2.35. The van der Waals surface area contributed by atoms with Gasteiger partial charge in [-0.25, -0.2) is 0 Å². The summed E-state index contributed by atoms with van der Waals surface area (Å²) in [6, 6.07) is 7.76. The van der Waals surface area contributed by atoms with E-state index >= 15 is 0 Å². The van der Waals surface area contributed by atoms with Crippen molar-refractivity contribution in [3.05, 3.63) is 28.2 Å². The molecule has 3 nitrogen and oxygen atoms in total. The number of nitrogens with zero attached hydrogens (tertiary/aromatic N) is 1. The number of nitrogens with one attached hydrogen (secondary N) is 1. The van der Waals surface area contributed by atoms with Crippen LogP contribution < -0.4 is 10.2 Å². The topological polar surface area (TPSA) is 24.5 Å². The van der Waals surface area contributed by atoms with Crippen molar-refractivity contribution in [1.29, 1.82) is 0 Å². The molecule has 2 aliphatic rings. The van der Waals surface area contributed by atoms with Gasteiger partial charge >= 0.3 is 0 Å². The molecule has 1 heterocycles. The summed E-state index contributed by atoms with van der Waals surface area (Å²) in [6.07, 6.45) is 4.22. The standard InChI is InChI=1S/C17H25BrN2O/c1-3-19-12(2)14-8-7-13(11-15(14)18)20-9-10-21-17-6-4-5-16(17)20/h7-8,11-12,16-17,19H,3-6,9-10H2,1-2H3. The van der Waals surface area contributed by atoms with Gasteiger partial charge in [0.15, 0.2) is 0 Å². The Kier molecular flexibility index (Phi) is 4.87. The summed E-state index contributed by atoms with van der Waals surface area (Å²) < 4.78 is 7.12. The molecule has 3 atom stereocenters. The molecule has 116 valence electrons. The van der Waals surface area contributed by atoms with E-state index in [1.807, 2.05) is 0 Å². The van der Waals surface area contributed by atoms with Crippen molar-refractivity contribution in [3.63, 3.8) is 0 Å². The molecule has 1 aliphatic heterocycles. The number of benzene rings is 1. The maximum atomic E-state index is 5.91. The summed E-state index contributed by atoms with van der Waals surface area (Å²) >= 11 is 3.76. The maximum Gasteiger partial charge on any atom is 0.0779 e. The summed E-state index contributed by atoms with van der Waals surface area (Å²) in [5.74, 6) is 0. The predicted molar refractivity (Wildman–Crippen MR) is 91.0 cm³/mol. The number of ether oxygens (including phenoxy) is 1. The van der Waals surface area contributed by atoms with E-state index in [0.29, 0.717) is 18.2 Å². The van der Waals surface area contributed by atoms with Crippen molar-refractivity contribution in [2.75, 3.05) is 24.6 Å². The Bertz CT molecular complexity index is 494. The maximum absolute atomic E-state index is 5.91. The van der Waals surface area contributed by atoms with Crippen LogP contribution in [0.4, 0.5) is 5.69 Å². The lowest BCUT2D eigenvalue weighted by Gasteiger charge is -2.39. The number of fused-ring (bicyclic) bond motifs is 1. The molecule has 1 aromatic rings. The van der Waals surface area contributed by atoms with Crippen LogP contribution >= 0.6 is 15.9 Å². The Morgan fingerprint density at radius 3 is 3.05 bits per heavy atom. The van der Waals surface area contributed by atoms with Gasteiger partial charge in [0, 0.05) is 22.7 Å². The number of morpholine rings is 1. The lowest BCUT2D eigenvalue weighted by molar-refractivity contribution is 0.0256. The van der Waals surface area contributed by atoms with Crippen LogP contribution in [0, 0.1) is 0 Å². The van der Waals surface area contributed by atoms with E-state index in [1.54, 1.807) is 0 Å². The Balaban J connectivity index is 1.81. The molecule has 0 bridgehead atoms. The van der Waals surface area contributed by atoms with Gasteiger partial charge in [-0.15, -0.1) is 0 Å². The van der Waals surface area contributed by atoms with Crippen LogP contribution in [0.15, 0.2) is 22.7 Å². The van der Waals surface area contributed by atoms with Crippen molar-refractivity contribution in [2.24, 2.45) is 0 Å². The average Bonchev–Trinajstić information content (AvgIpc) is 2.95. The van der Waals surface area contributed by atoms with Gasteiger partial charge in [-0.1, -0.05) is 28.9 Å². The van der Waals surface area contributed by atoms with Gasteiger partial charge in [0.25, 0.3) is 0 Å². The number of anilines is 1. The number of hydrogen-bond acceptors (Lipinski definition) is 3. The van der Waals surface area contributed by atoms with Gasteiger partial charge in [0.05, 0.1) is 18.8 Å². The van der Waals surface area contributed by atoms with Crippen LogP contribution in [-0.4, -0.2) is 31.8 Å². The molecule has 3 unspecified atom stereocenters. The third-order valence-electron chi connectivity index (χ3n) is 4.77. The van der Waals surface area contributed by atoms with Gasteiger partial charge in [-0.3, -0.25) is 0 Å². The normalized spacial score (nSPS) is 26.7.